The van der Waals surface area contributed by atoms with E-state index in [-0.39, 0.29) is 16.2 Å². The Kier molecular flexibility index (Phi) is 7.33. The van der Waals surface area contributed by atoms with Gasteiger partial charge >= 0.3 is 0 Å². The lowest BCUT2D eigenvalue weighted by atomic mass is 9.78. The number of nitrogens with one attached hydrogen (secondary N) is 1. The highest BCUT2D eigenvalue weighted by Gasteiger charge is 2.29. The molecule has 5 heteroatoms. The molecule has 4 rings (SSSR count). The van der Waals surface area contributed by atoms with Crippen LogP contribution < -0.4 is 5.32 Å². The molecule has 0 unspecified atom stereocenters. The van der Waals surface area contributed by atoms with E-state index in [1.807, 2.05) is 36.4 Å². The second-order valence-corrected chi connectivity index (χ2v) is 13.5. The van der Waals surface area contributed by atoms with E-state index in [2.05, 4.69) is 98.8 Å². The van der Waals surface area contributed by atoms with E-state index in [4.69, 9.17) is 15.0 Å². The number of aromatic hydroxyl groups is 1. The second-order valence-electron chi connectivity index (χ2n) is 13.5. The van der Waals surface area contributed by atoms with E-state index in [1.165, 1.54) is 11.1 Å². The zero-order valence-electron chi connectivity index (χ0n) is 25.1. The molecule has 3 aromatic carbocycles. The summed E-state index contributed by atoms with van der Waals surface area (Å²) in [5.74, 6) is 2.03. The van der Waals surface area contributed by atoms with E-state index in [1.54, 1.807) is 0 Å². The van der Waals surface area contributed by atoms with Gasteiger partial charge in [-0.05, 0) is 65.1 Å². The van der Waals surface area contributed by atoms with Crippen molar-refractivity contribution in [3.8, 4) is 5.75 Å². The van der Waals surface area contributed by atoms with Gasteiger partial charge in [-0.15, -0.1) is 0 Å². The van der Waals surface area contributed by atoms with Crippen molar-refractivity contribution in [3.05, 3.63) is 88.5 Å². The first-order valence-corrected chi connectivity index (χ1v) is 13.6. The molecule has 0 radical (unpaired) electrons. The van der Waals surface area contributed by atoms with Crippen LogP contribution in [0.15, 0.2) is 75.6 Å². The number of hydrogen-bond acceptors (Lipinski definition) is 4. The number of anilines is 1. The SMILES string of the molecule is Cc1ccc(N=C2N=C(c3cc(C(C)(C)C)c(O)c(C(C)(C)C)c3)N=C2Nc2ccc(C(C)(C)C)cc2)cc1. The molecule has 0 saturated carbocycles. The second kappa shape index (κ2) is 10.1. The van der Waals surface area contributed by atoms with Crippen molar-refractivity contribution in [3.63, 3.8) is 0 Å². The Morgan fingerprint density at radius 3 is 1.72 bits per heavy atom. The highest BCUT2D eigenvalue weighted by Crippen LogP contribution is 2.40. The molecule has 2 N–H and O–H groups in total. The quantitative estimate of drug-likeness (QED) is 0.362. The number of benzene rings is 3. The van der Waals surface area contributed by atoms with Gasteiger partial charge in [0.25, 0.3) is 0 Å². The number of nitrogens with zero attached hydrogens (tertiary/aromatic N) is 3. The lowest BCUT2D eigenvalue weighted by Crippen LogP contribution is -2.19. The molecule has 0 amide bonds. The number of hydrogen-bond donors (Lipinski definition) is 2. The zero-order valence-corrected chi connectivity index (χ0v) is 25.1. The van der Waals surface area contributed by atoms with Gasteiger partial charge in [-0.25, -0.2) is 15.0 Å². The van der Waals surface area contributed by atoms with Crippen LogP contribution >= 0.6 is 0 Å². The number of aliphatic imine (C=N–C) groups is 3. The van der Waals surface area contributed by atoms with Gasteiger partial charge in [0, 0.05) is 22.4 Å². The molecule has 0 fully saturated rings. The Hall–Kier alpha value is -3.73. The number of rotatable bonds is 3. The minimum Gasteiger partial charge on any atom is -0.507 e. The highest BCUT2D eigenvalue weighted by molar-refractivity contribution is 6.51. The Balaban J connectivity index is 1.82. The summed E-state index contributed by atoms with van der Waals surface area (Å²) in [6.07, 6.45) is 0. The van der Waals surface area contributed by atoms with Crippen LogP contribution in [0.25, 0.3) is 0 Å². The maximum atomic E-state index is 11.2. The molecule has 0 aliphatic carbocycles. The van der Waals surface area contributed by atoms with Gasteiger partial charge in [0.15, 0.2) is 17.5 Å². The molecule has 5 nitrogen and oxygen atoms in total. The third-order valence-electron chi connectivity index (χ3n) is 6.91. The van der Waals surface area contributed by atoms with Crippen molar-refractivity contribution in [2.45, 2.75) is 85.5 Å². The molecule has 0 atom stereocenters. The molecular formula is C34H42N4O. The Morgan fingerprint density at radius 2 is 1.23 bits per heavy atom. The van der Waals surface area contributed by atoms with Crippen LogP contribution in [-0.4, -0.2) is 22.6 Å². The van der Waals surface area contributed by atoms with Gasteiger partial charge < -0.3 is 10.4 Å². The zero-order chi connectivity index (χ0) is 28.8. The van der Waals surface area contributed by atoms with E-state index < -0.39 is 0 Å². The Labute approximate surface area is 233 Å². The molecule has 1 aliphatic rings. The minimum atomic E-state index is -0.252. The summed E-state index contributed by atoms with van der Waals surface area (Å²) >= 11 is 0. The smallest absolute Gasteiger partial charge is 0.198 e. The predicted molar refractivity (Wildman–Crippen MR) is 167 cm³/mol. The Bertz CT molecular complexity index is 1420. The van der Waals surface area contributed by atoms with Gasteiger partial charge in [-0.3, -0.25) is 0 Å². The molecule has 3 aromatic rings. The van der Waals surface area contributed by atoms with Gasteiger partial charge in [-0.2, -0.15) is 0 Å². The van der Waals surface area contributed by atoms with Crippen molar-refractivity contribution >= 4 is 28.9 Å². The van der Waals surface area contributed by atoms with Crippen LogP contribution in [0, 0.1) is 6.92 Å². The topological polar surface area (TPSA) is 69.3 Å². The first-order valence-electron chi connectivity index (χ1n) is 13.6. The summed E-state index contributed by atoms with van der Waals surface area (Å²) < 4.78 is 0. The first-order chi connectivity index (χ1) is 18.0. The summed E-state index contributed by atoms with van der Waals surface area (Å²) in [4.78, 5) is 14.7. The fraction of sp³-hybridized carbons (Fsp3) is 0.382. The molecule has 204 valence electrons. The Morgan fingerprint density at radius 1 is 0.692 bits per heavy atom. The van der Waals surface area contributed by atoms with Gasteiger partial charge in [0.1, 0.15) is 5.75 Å². The fourth-order valence-electron chi connectivity index (χ4n) is 4.46. The van der Waals surface area contributed by atoms with Crippen LogP contribution in [0.5, 0.6) is 5.75 Å². The van der Waals surface area contributed by atoms with Crippen molar-refractivity contribution in [1.82, 2.24) is 0 Å². The van der Waals surface area contributed by atoms with E-state index in [0.717, 1.165) is 28.1 Å². The van der Waals surface area contributed by atoms with Crippen LogP contribution in [-0.2, 0) is 16.2 Å². The summed E-state index contributed by atoms with van der Waals surface area (Å²) in [5, 5.41) is 14.7. The standard InChI is InChI=1S/C34H42N4O/c1-21-11-15-24(16-12-21)35-30-31(36-25-17-13-23(14-18-25)32(2,3)4)38-29(37-30)22-19-26(33(5,6)7)28(39)27(20-22)34(8,9)10/h11-20,39H,1-10H3,(H,35,36,37,38). The number of aryl methyl sites for hydroxylation is 1. The lowest BCUT2D eigenvalue weighted by molar-refractivity contribution is 0.423. The number of phenolic OH excluding ortho intramolecular Hbond substituents is 1. The normalized spacial score (nSPS) is 15.4. The minimum absolute atomic E-state index is 0.0755. The first kappa shape index (κ1) is 28.3. The molecule has 39 heavy (non-hydrogen) atoms. The van der Waals surface area contributed by atoms with Crippen molar-refractivity contribution in [1.29, 1.82) is 0 Å². The molecule has 0 saturated heterocycles. The van der Waals surface area contributed by atoms with E-state index >= 15 is 0 Å². The predicted octanol–water partition coefficient (Wildman–Crippen LogP) is 8.59. The van der Waals surface area contributed by atoms with Gasteiger partial charge in [0.2, 0.25) is 0 Å². The van der Waals surface area contributed by atoms with E-state index in [9.17, 15) is 5.11 Å². The number of phenols is 1. The maximum Gasteiger partial charge on any atom is 0.198 e. The summed E-state index contributed by atoms with van der Waals surface area (Å²) in [6.45, 7) is 21.3. The molecule has 0 spiro atoms. The fourth-order valence-corrected chi connectivity index (χ4v) is 4.46. The summed E-state index contributed by atoms with van der Waals surface area (Å²) in [5.41, 5.74) is 6.36. The van der Waals surface area contributed by atoms with Gasteiger partial charge in [0.05, 0.1) is 5.69 Å². The highest BCUT2D eigenvalue weighted by atomic mass is 16.3. The van der Waals surface area contributed by atoms with Gasteiger partial charge in [-0.1, -0.05) is 92.1 Å². The molecule has 0 bridgehead atoms. The lowest BCUT2D eigenvalue weighted by Gasteiger charge is -2.28. The van der Waals surface area contributed by atoms with Crippen LogP contribution in [0.2, 0.25) is 0 Å². The maximum absolute atomic E-state index is 11.2. The summed E-state index contributed by atoms with van der Waals surface area (Å²) in [6, 6.07) is 20.5. The monoisotopic (exact) mass is 522 g/mol. The molecule has 1 aliphatic heterocycles. The third kappa shape index (κ3) is 6.47. The molecular weight excluding hydrogens is 480 g/mol. The molecule has 1 heterocycles. The summed E-state index contributed by atoms with van der Waals surface area (Å²) in [7, 11) is 0. The average molecular weight is 523 g/mol. The van der Waals surface area contributed by atoms with Crippen molar-refractivity contribution < 1.29 is 5.11 Å². The molecule has 0 aromatic heterocycles. The number of amidine groups is 3. The average Bonchev–Trinajstić information content (AvgIpc) is 3.21. The van der Waals surface area contributed by atoms with E-state index in [0.29, 0.717) is 23.3 Å². The van der Waals surface area contributed by atoms with Crippen LogP contribution in [0.4, 0.5) is 11.4 Å². The van der Waals surface area contributed by atoms with Crippen LogP contribution in [0.1, 0.15) is 90.1 Å². The van der Waals surface area contributed by atoms with Crippen molar-refractivity contribution in [2.75, 3.05) is 5.32 Å². The van der Waals surface area contributed by atoms with Crippen LogP contribution in [0.3, 0.4) is 0 Å². The van der Waals surface area contributed by atoms with Crippen molar-refractivity contribution in [2.24, 2.45) is 15.0 Å². The third-order valence-corrected chi connectivity index (χ3v) is 6.91. The largest absolute Gasteiger partial charge is 0.507 e.